The van der Waals surface area contributed by atoms with Crippen molar-refractivity contribution < 1.29 is 13.2 Å². The standard InChI is InChI=1S/C13H20N2O3S/c1-13(2,3)12(16)14-9-10-15-19(17,18)11-7-5-4-6-8-11/h4-8,15H,9-10H2,1-3H3,(H,14,16). The molecule has 0 spiro atoms. The van der Waals surface area contributed by atoms with Gasteiger partial charge in [0.1, 0.15) is 0 Å². The van der Waals surface area contributed by atoms with Crippen LogP contribution in [0.25, 0.3) is 0 Å². The molecule has 2 N–H and O–H groups in total. The lowest BCUT2D eigenvalue weighted by Gasteiger charge is -2.17. The summed E-state index contributed by atoms with van der Waals surface area (Å²) in [6.07, 6.45) is 0. The van der Waals surface area contributed by atoms with Gasteiger partial charge in [-0.05, 0) is 12.1 Å². The van der Waals surface area contributed by atoms with E-state index in [9.17, 15) is 13.2 Å². The van der Waals surface area contributed by atoms with Gasteiger partial charge in [0.2, 0.25) is 15.9 Å². The topological polar surface area (TPSA) is 75.3 Å². The second-order valence-electron chi connectivity index (χ2n) is 5.22. The lowest BCUT2D eigenvalue weighted by atomic mass is 9.96. The number of hydrogen-bond acceptors (Lipinski definition) is 3. The van der Waals surface area contributed by atoms with Crippen LogP contribution in [0.5, 0.6) is 0 Å². The van der Waals surface area contributed by atoms with Crippen LogP contribution in [0.2, 0.25) is 0 Å². The Bertz CT molecular complexity index is 519. The summed E-state index contributed by atoms with van der Waals surface area (Å²) < 4.78 is 26.1. The molecule has 5 nitrogen and oxygen atoms in total. The van der Waals surface area contributed by atoms with E-state index >= 15 is 0 Å². The van der Waals surface area contributed by atoms with Crippen LogP contribution in [0.4, 0.5) is 0 Å². The van der Waals surface area contributed by atoms with E-state index in [-0.39, 0.29) is 23.9 Å². The summed E-state index contributed by atoms with van der Waals surface area (Å²) in [7, 11) is -3.49. The van der Waals surface area contributed by atoms with Gasteiger partial charge in [0.25, 0.3) is 0 Å². The summed E-state index contributed by atoms with van der Waals surface area (Å²) in [5, 5.41) is 2.68. The third kappa shape index (κ3) is 5.00. The average molecular weight is 284 g/mol. The summed E-state index contributed by atoms with van der Waals surface area (Å²) in [5.74, 6) is -0.105. The van der Waals surface area contributed by atoms with E-state index in [1.165, 1.54) is 12.1 Å². The van der Waals surface area contributed by atoms with Crippen molar-refractivity contribution in [3.8, 4) is 0 Å². The molecular formula is C13H20N2O3S. The van der Waals surface area contributed by atoms with Crippen LogP contribution in [0.1, 0.15) is 20.8 Å². The van der Waals surface area contributed by atoms with Crippen LogP contribution in [0.3, 0.4) is 0 Å². The predicted molar refractivity (Wildman–Crippen MR) is 74.1 cm³/mol. The maximum Gasteiger partial charge on any atom is 0.240 e. The first kappa shape index (κ1) is 15.7. The van der Waals surface area contributed by atoms with Crippen molar-refractivity contribution in [1.82, 2.24) is 10.0 Å². The van der Waals surface area contributed by atoms with E-state index in [4.69, 9.17) is 0 Å². The van der Waals surface area contributed by atoms with Gasteiger partial charge in [0.05, 0.1) is 4.90 Å². The Kier molecular flexibility index (Phi) is 5.08. The van der Waals surface area contributed by atoms with Gasteiger partial charge in [-0.2, -0.15) is 0 Å². The SMILES string of the molecule is CC(C)(C)C(=O)NCCNS(=O)(=O)c1ccccc1. The van der Waals surface area contributed by atoms with Gasteiger partial charge in [0.15, 0.2) is 0 Å². The van der Waals surface area contributed by atoms with Gasteiger partial charge in [-0.1, -0.05) is 39.0 Å². The van der Waals surface area contributed by atoms with Crippen LogP contribution in [-0.4, -0.2) is 27.4 Å². The van der Waals surface area contributed by atoms with Crippen molar-refractivity contribution in [2.75, 3.05) is 13.1 Å². The van der Waals surface area contributed by atoms with Crippen molar-refractivity contribution in [3.05, 3.63) is 30.3 Å². The zero-order valence-corrected chi connectivity index (χ0v) is 12.3. The van der Waals surface area contributed by atoms with E-state index in [1.54, 1.807) is 39.0 Å². The summed E-state index contributed by atoms with van der Waals surface area (Å²) in [5.41, 5.74) is -0.474. The molecule has 0 unspecified atom stereocenters. The van der Waals surface area contributed by atoms with Crippen molar-refractivity contribution in [1.29, 1.82) is 0 Å². The molecule has 0 radical (unpaired) electrons. The normalized spacial score (nSPS) is 12.2. The molecule has 0 fully saturated rings. The molecule has 0 heterocycles. The Morgan fingerprint density at radius 1 is 1.11 bits per heavy atom. The average Bonchev–Trinajstić information content (AvgIpc) is 2.34. The Morgan fingerprint density at radius 3 is 2.21 bits per heavy atom. The van der Waals surface area contributed by atoms with E-state index in [1.807, 2.05) is 0 Å². The highest BCUT2D eigenvalue weighted by molar-refractivity contribution is 7.89. The maximum atomic E-state index is 11.8. The van der Waals surface area contributed by atoms with Crippen molar-refractivity contribution in [2.24, 2.45) is 5.41 Å². The zero-order chi connectivity index (χ0) is 14.5. The molecule has 106 valence electrons. The molecule has 0 aliphatic rings. The quantitative estimate of drug-likeness (QED) is 0.796. The number of rotatable bonds is 5. The van der Waals surface area contributed by atoms with Crippen LogP contribution in [0.15, 0.2) is 35.2 Å². The van der Waals surface area contributed by atoms with E-state index in [0.717, 1.165) is 0 Å². The summed E-state index contributed by atoms with van der Waals surface area (Å²) >= 11 is 0. The number of carbonyl (C=O) groups excluding carboxylic acids is 1. The molecule has 0 aromatic heterocycles. The first-order valence-corrected chi connectivity index (χ1v) is 7.55. The fourth-order valence-electron chi connectivity index (χ4n) is 1.31. The highest BCUT2D eigenvalue weighted by Crippen LogP contribution is 2.12. The molecule has 0 atom stereocenters. The lowest BCUT2D eigenvalue weighted by Crippen LogP contribution is -2.39. The molecule has 1 aromatic rings. The number of sulfonamides is 1. The molecule has 1 aromatic carbocycles. The first-order valence-electron chi connectivity index (χ1n) is 6.06. The van der Waals surface area contributed by atoms with Gasteiger partial charge in [0, 0.05) is 18.5 Å². The first-order chi connectivity index (χ1) is 8.73. The van der Waals surface area contributed by atoms with Crippen LogP contribution < -0.4 is 10.0 Å². The molecule has 1 rings (SSSR count). The molecule has 0 bridgehead atoms. The van der Waals surface area contributed by atoms with Crippen molar-refractivity contribution in [3.63, 3.8) is 0 Å². The Morgan fingerprint density at radius 2 is 1.68 bits per heavy atom. The second-order valence-corrected chi connectivity index (χ2v) is 6.98. The molecular weight excluding hydrogens is 264 g/mol. The molecule has 0 aliphatic carbocycles. The number of hydrogen-bond donors (Lipinski definition) is 2. The fraction of sp³-hybridized carbons (Fsp3) is 0.462. The number of amides is 1. The molecule has 1 amide bonds. The highest BCUT2D eigenvalue weighted by atomic mass is 32.2. The molecule has 6 heteroatoms. The largest absolute Gasteiger partial charge is 0.354 e. The van der Waals surface area contributed by atoms with Crippen LogP contribution in [0, 0.1) is 5.41 Å². The van der Waals surface area contributed by atoms with E-state index < -0.39 is 15.4 Å². The minimum absolute atomic E-state index is 0.105. The Hall–Kier alpha value is -1.40. The summed E-state index contributed by atoms with van der Waals surface area (Å²) in [6, 6.07) is 8.13. The van der Waals surface area contributed by atoms with Gasteiger partial charge in [-0.25, -0.2) is 13.1 Å². The third-order valence-electron chi connectivity index (χ3n) is 2.44. The molecule has 0 saturated carbocycles. The summed E-state index contributed by atoms with van der Waals surface area (Å²) in [4.78, 5) is 11.8. The molecule has 0 aliphatic heterocycles. The van der Waals surface area contributed by atoms with Crippen LogP contribution >= 0.6 is 0 Å². The third-order valence-corrected chi connectivity index (χ3v) is 3.91. The van der Waals surface area contributed by atoms with Crippen LogP contribution in [-0.2, 0) is 14.8 Å². The summed E-state index contributed by atoms with van der Waals surface area (Å²) in [6.45, 7) is 5.84. The highest BCUT2D eigenvalue weighted by Gasteiger charge is 2.20. The Labute approximate surface area is 114 Å². The van der Waals surface area contributed by atoms with Gasteiger partial charge in [-0.3, -0.25) is 4.79 Å². The van der Waals surface area contributed by atoms with Gasteiger partial charge in [-0.15, -0.1) is 0 Å². The van der Waals surface area contributed by atoms with E-state index in [2.05, 4.69) is 10.0 Å². The number of benzene rings is 1. The second kappa shape index (κ2) is 6.16. The maximum absolute atomic E-state index is 11.8. The Balaban J connectivity index is 2.44. The minimum atomic E-state index is -3.49. The smallest absolute Gasteiger partial charge is 0.240 e. The van der Waals surface area contributed by atoms with Crippen molar-refractivity contribution in [2.45, 2.75) is 25.7 Å². The fourth-order valence-corrected chi connectivity index (χ4v) is 2.36. The van der Waals surface area contributed by atoms with Crippen molar-refractivity contribution >= 4 is 15.9 Å². The van der Waals surface area contributed by atoms with Gasteiger partial charge >= 0.3 is 0 Å². The van der Waals surface area contributed by atoms with Gasteiger partial charge < -0.3 is 5.32 Å². The molecule has 19 heavy (non-hydrogen) atoms. The predicted octanol–water partition coefficient (Wildman–Crippen LogP) is 1.13. The van der Waals surface area contributed by atoms with E-state index in [0.29, 0.717) is 0 Å². The zero-order valence-electron chi connectivity index (χ0n) is 11.4. The molecule has 0 saturated heterocycles. The number of carbonyl (C=O) groups is 1. The number of nitrogens with one attached hydrogen (secondary N) is 2. The minimum Gasteiger partial charge on any atom is -0.354 e. The monoisotopic (exact) mass is 284 g/mol. The lowest BCUT2D eigenvalue weighted by molar-refractivity contribution is -0.128.